The highest BCUT2D eigenvalue weighted by Crippen LogP contribution is 2.21. The number of aromatic nitrogens is 2. The minimum absolute atomic E-state index is 0.163. The lowest BCUT2D eigenvalue weighted by molar-refractivity contribution is -0.132. The van der Waals surface area contributed by atoms with Gasteiger partial charge in [-0.25, -0.2) is 0 Å². The zero-order valence-corrected chi connectivity index (χ0v) is 11.8. The molecule has 0 spiro atoms. The topological polar surface area (TPSA) is 44.1 Å². The number of fused-ring (bicyclic) bond motifs is 1. The molecule has 2 heterocycles. The number of carbonyl (C=O) groups is 1. The Morgan fingerprint density at radius 3 is 3.00 bits per heavy atom. The minimum atomic E-state index is -0.228. The van der Waals surface area contributed by atoms with Crippen molar-refractivity contribution in [3.05, 3.63) is 30.0 Å². The van der Waals surface area contributed by atoms with Crippen LogP contribution in [0.25, 0.3) is 10.9 Å². The zero-order valence-electron chi connectivity index (χ0n) is 11.8. The van der Waals surface area contributed by atoms with Crippen LogP contribution in [0.3, 0.4) is 0 Å². The molecule has 0 radical (unpaired) electrons. The Morgan fingerprint density at radius 1 is 1.40 bits per heavy atom. The molecule has 2 aromatic rings. The lowest BCUT2D eigenvalue weighted by Crippen LogP contribution is -2.29. The molecule has 20 heavy (non-hydrogen) atoms. The van der Waals surface area contributed by atoms with Gasteiger partial charge in [-0.2, -0.15) is 5.10 Å². The van der Waals surface area contributed by atoms with E-state index >= 15 is 0 Å². The number of ether oxygens (including phenoxy) is 1. The number of ketones is 1. The van der Waals surface area contributed by atoms with Crippen LogP contribution in [0.4, 0.5) is 0 Å². The second-order valence-corrected chi connectivity index (χ2v) is 5.28. The fourth-order valence-corrected chi connectivity index (χ4v) is 2.84. The third-order valence-electron chi connectivity index (χ3n) is 3.91. The van der Waals surface area contributed by atoms with Crippen molar-refractivity contribution in [2.45, 2.75) is 45.3 Å². The van der Waals surface area contributed by atoms with Gasteiger partial charge in [-0.1, -0.05) is 18.2 Å². The summed E-state index contributed by atoms with van der Waals surface area (Å²) in [6.45, 7) is 3.59. The van der Waals surface area contributed by atoms with E-state index < -0.39 is 0 Å². The SMILES string of the molecule is CCn1nc(CC(=O)C2CCCCO2)c2ccccc21. The third-order valence-corrected chi connectivity index (χ3v) is 3.91. The number of rotatable bonds is 4. The summed E-state index contributed by atoms with van der Waals surface area (Å²) in [5.74, 6) is 0.163. The Morgan fingerprint density at radius 2 is 2.25 bits per heavy atom. The number of Topliss-reactive ketones (excluding diaryl/α,β-unsaturated/α-hetero) is 1. The number of nitrogens with zero attached hydrogens (tertiary/aromatic N) is 2. The maximum absolute atomic E-state index is 12.3. The maximum Gasteiger partial charge on any atom is 0.167 e. The van der Waals surface area contributed by atoms with Crippen molar-refractivity contribution in [2.24, 2.45) is 0 Å². The number of carbonyl (C=O) groups excluding carboxylic acids is 1. The average molecular weight is 272 g/mol. The molecule has 1 fully saturated rings. The predicted octanol–water partition coefficient (Wildman–Crippen LogP) is 2.74. The van der Waals surface area contributed by atoms with Gasteiger partial charge in [-0.05, 0) is 32.3 Å². The Hall–Kier alpha value is -1.68. The highest BCUT2D eigenvalue weighted by atomic mass is 16.5. The number of benzene rings is 1. The van der Waals surface area contributed by atoms with Crippen LogP contribution < -0.4 is 0 Å². The second kappa shape index (κ2) is 5.75. The van der Waals surface area contributed by atoms with Crippen molar-refractivity contribution in [1.29, 1.82) is 0 Å². The summed E-state index contributed by atoms with van der Waals surface area (Å²) in [6.07, 6.45) is 3.15. The Balaban J connectivity index is 1.85. The highest BCUT2D eigenvalue weighted by Gasteiger charge is 2.23. The highest BCUT2D eigenvalue weighted by molar-refractivity contribution is 5.90. The first-order valence-electron chi connectivity index (χ1n) is 7.38. The van der Waals surface area contributed by atoms with E-state index in [1.807, 2.05) is 22.9 Å². The van der Waals surface area contributed by atoms with Gasteiger partial charge in [-0.15, -0.1) is 0 Å². The summed E-state index contributed by atoms with van der Waals surface area (Å²) in [7, 11) is 0. The molecule has 1 unspecified atom stereocenters. The number of hydrogen-bond acceptors (Lipinski definition) is 3. The smallest absolute Gasteiger partial charge is 0.167 e. The van der Waals surface area contributed by atoms with Gasteiger partial charge in [0.1, 0.15) is 6.10 Å². The van der Waals surface area contributed by atoms with Gasteiger partial charge < -0.3 is 4.74 Å². The van der Waals surface area contributed by atoms with Crippen molar-refractivity contribution in [1.82, 2.24) is 9.78 Å². The molecule has 0 aliphatic carbocycles. The summed E-state index contributed by atoms with van der Waals surface area (Å²) in [6, 6.07) is 8.09. The molecular formula is C16H20N2O2. The lowest BCUT2D eigenvalue weighted by Gasteiger charge is -2.20. The second-order valence-electron chi connectivity index (χ2n) is 5.28. The van der Waals surface area contributed by atoms with Crippen LogP contribution in [0.1, 0.15) is 31.9 Å². The molecule has 1 aliphatic rings. The molecule has 1 saturated heterocycles. The van der Waals surface area contributed by atoms with Gasteiger partial charge >= 0.3 is 0 Å². The third kappa shape index (κ3) is 2.48. The van der Waals surface area contributed by atoms with E-state index in [0.29, 0.717) is 13.0 Å². The largest absolute Gasteiger partial charge is 0.370 e. The van der Waals surface area contributed by atoms with E-state index in [2.05, 4.69) is 18.1 Å². The van der Waals surface area contributed by atoms with E-state index in [-0.39, 0.29) is 11.9 Å². The standard InChI is InChI=1S/C16H20N2O2/c1-2-18-14-8-4-3-7-12(14)13(17-18)11-15(19)16-9-5-6-10-20-16/h3-4,7-8,16H,2,5-6,9-11H2,1H3. The Kier molecular flexibility index (Phi) is 3.83. The van der Waals surface area contributed by atoms with E-state index in [9.17, 15) is 4.79 Å². The number of para-hydroxylation sites is 1. The molecule has 0 amide bonds. The van der Waals surface area contributed by atoms with Crippen molar-refractivity contribution < 1.29 is 9.53 Å². The van der Waals surface area contributed by atoms with Crippen LogP contribution in [0.2, 0.25) is 0 Å². The molecule has 0 bridgehead atoms. The summed E-state index contributed by atoms with van der Waals surface area (Å²) in [5, 5.41) is 5.66. The van der Waals surface area contributed by atoms with Gasteiger partial charge in [0.15, 0.2) is 5.78 Å². The van der Waals surface area contributed by atoms with Crippen LogP contribution in [0.15, 0.2) is 24.3 Å². The summed E-state index contributed by atoms with van der Waals surface area (Å²) in [5.41, 5.74) is 1.98. The average Bonchev–Trinajstić information content (AvgIpc) is 2.86. The molecule has 1 aromatic heterocycles. The molecule has 106 valence electrons. The van der Waals surface area contributed by atoms with Gasteiger partial charge in [0.05, 0.1) is 17.6 Å². The van der Waals surface area contributed by atoms with E-state index in [0.717, 1.165) is 42.4 Å². The first-order chi connectivity index (χ1) is 9.79. The van der Waals surface area contributed by atoms with E-state index in [1.54, 1.807) is 0 Å². The molecule has 3 rings (SSSR count). The van der Waals surface area contributed by atoms with Gasteiger partial charge in [0.25, 0.3) is 0 Å². The zero-order chi connectivity index (χ0) is 13.9. The molecule has 4 heteroatoms. The summed E-state index contributed by atoms with van der Waals surface area (Å²) >= 11 is 0. The molecule has 0 N–H and O–H groups in total. The Bertz CT molecular complexity index is 612. The predicted molar refractivity (Wildman–Crippen MR) is 77.7 cm³/mol. The number of aryl methyl sites for hydroxylation is 1. The maximum atomic E-state index is 12.3. The van der Waals surface area contributed by atoms with Crippen molar-refractivity contribution in [3.8, 4) is 0 Å². The molecule has 0 saturated carbocycles. The van der Waals surface area contributed by atoms with Crippen molar-refractivity contribution in [2.75, 3.05) is 6.61 Å². The quantitative estimate of drug-likeness (QED) is 0.859. The molecule has 1 atom stereocenters. The van der Waals surface area contributed by atoms with Gasteiger partial charge in [-0.3, -0.25) is 9.48 Å². The van der Waals surface area contributed by atoms with Gasteiger partial charge in [0, 0.05) is 18.5 Å². The minimum Gasteiger partial charge on any atom is -0.370 e. The lowest BCUT2D eigenvalue weighted by atomic mass is 10.0. The monoisotopic (exact) mass is 272 g/mol. The van der Waals surface area contributed by atoms with Gasteiger partial charge in [0.2, 0.25) is 0 Å². The van der Waals surface area contributed by atoms with Crippen molar-refractivity contribution in [3.63, 3.8) is 0 Å². The fraction of sp³-hybridized carbons (Fsp3) is 0.500. The molecular weight excluding hydrogens is 252 g/mol. The number of hydrogen-bond donors (Lipinski definition) is 0. The van der Waals surface area contributed by atoms with Crippen LogP contribution in [0, 0.1) is 0 Å². The van der Waals surface area contributed by atoms with Crippen LogP contribution in [-0.4, -0.2) is 28.3 Å². The first kappa shape index (κ1) is 13.3. The van der Waals surface area contributed by atoms with Crippen LogP contribution in [0.5, 0.6) is 0 Å². The Labute approximate surface area is 118 Å². The molecule has 1 aromatic carbocycles. The summed E-state index contributed by atoms with van der Waals surface area (Å²) in [4.78, 5) is 12.3. The van der Waals surface area contributed by atoms with Crippen molar-refractivity contribution >= 4 is 16.7 Å². The fourth-order valence-electron chi connectivity index (χ4n) is 2.84. The molecule has 4 nitrogen and oxygen atoms in total. The summed E-state index contributed by atoms with van der Waals surface area (Å²) < 4.78 is 7.53. The molecule has 1 aliphatic heterocycles. The van der Waals surface area contributed by atoms with E-state index in [4.69, 9.17) is 4.74 Å². The normalized spacial score (nSPS) is 19.4. The first-order valence-corrected chi connectivity index (χ1v) is 7.38. The van der Waals surface area contributed by atoms with E-state index in [1.165, 1.54) is 0 Å². The van der Waals surface area contributed by atoms with Crippen LogP contribution >= 0.6 is 0 Å². The van der Waals surface area contributed by atoms with Crippen LogP contribution in [-0.2, 0) is 22.5 Å².